The maximum Gasteiger partial charge on any atom is 0.335 e. The van der Waals surface area contributed by atoms with Gasteiger partial charge in [-0.05, 0) is 72.3 Å². The summed E-state index contributed by atoms with van der Waals surface area (Å²) in [6.45, 7) is 2.96. The lowest BCUT2D eigenvalue weighted by Crippen LogP contribution is -2.41. The molecule has 0 saturated carbocycles. The molecule has 2 N–H and O–H groups in total. The fraction of sp³-hybridized carbons (Fsp3) is 0.259. The Kier molecular flexibility index (Phi) is 8.25. The lowest BCUT2D eigenvalue weighted by Gasteiger charge is -2.23. The number of carboxylic acids is 1. The van der Waals surface area contributed by atoms with Gasteiger partial charge in [0.1, 0.15) is 5.75 Å². The minimum atomic E-state index is -1.02. The number of hydrogen-bond acceptors (Lipinski definition) is 6. The summed E-state index contributed by atoms with van der Waals surface area (Å²) in [6.07, 6.45) is 5.13. The van der Waals surface area contributed by atoms with Gasteiger partial charge < -0.3 is 19.9 Å². The number of benzene rings is 2. The molecule has 1 aliphatic rings. The molecular weight excluding hydrogens is 450 g/mol. The number of rotatable bonds is 10. The molecule has 0 aliphatic carbocycles. The summed E-state index contributed by atoms with van der Waals surface area (Å²) in [7, 11) is 0. The smallest absolute Gasteiger partial charge is 0.335 e. The van der Waals surface area contributed by atoms with Crippen molar-refractivity contribution in [2.75, 3.05) is 26.4 Å². The first-order valence-electron chi connectivity index (χ1n) is 11.3. The number of thiophene rings is 1. The van der Waals surface area contributed by atoms with E-state index < -0.39 is 5.97 Å². The van der Waals surface area contributed by atoms with Gasteiger partial charge in [0.05, 0.1) is 25.4 Å². The van der Waals surface area contributed by atoms with Crippen LogP contribution >= 0.6 is 11.3 Å². The highest BCUT2D eigenvalue weighted by Crippen LogP contribution is 2.30. The third-order valence-electron chi connectivity index (χ3n) is 5.60. The van der Waals surface area contributed by atoms with Gasteiger partial charge in [-0.25, -0.2) is 4.79 Å². The van der Waals surface area contributed by atoms with E-state index in [9.17, 15) is 9.59 Å². The second-order valence-corrected chi connectivity index (χ2v) is 8.97. The van der Waals surface area contributed by atoms with Gasteiger partial charge in [0, 0.05) is 28.6 Å². The Bertz CT molecular complexity index is 1130. The van der Waals surface area contributed by atoms with Crippen molar-refractivity contribution in [3.63, 3.8) is 0 Å². The molecule has 1 atom stereocenters. The van der Waals surface area contributed by atoms with Gasteiger partial charge in [-0.3, -0.25) is 4.79 Å². The Morgan fingerprint density at radius 1 is 1.15 bits per heavy atom. The SMILES string of the molecule is O=C(O)c1ccc(C(=O)C=Cc2cc(-c3cccs3)ccc2OCCCC2COCCN2)cc1. The van der Waals surface area contributed by atoms with Crippen LogP contribution in [0.5, 0.6) is 5.75 Å². The Morgan fingerprint density at radius 3 is 2.68 bits per heavy atom. The van der Waals surface area contributed by atoms with E-state index in [1.54, 1.807) is 17.4 Å². The number of hydrogen-bond donors (Lipinski definition) is 2. The van der Waals surface area contributed by atoms with Crippen LogP contribution in [0.25, 0.3) is 16.5 Å². The van der Waals surface area contributed by atoms with Gasteiger partial charge in [-0.2, -0.15) is 0 Å². The number of nitrogens with one attached hydrogen (secondary N) is 1. The molecule has 0 spiro atoms. The number of carboxylic acid groups (broad SMARTS) is 1. The van der Waals surface area contributed by atoms with Crippen LogP contribution in [0.3, 0.4) is 0 Å². The molecule has 2 aromatic carbocycles. The summed E-state index contributed by atoms with van der Waals surface area (Å²) >= 11 is 1.65. The summed E-state index contributed by atoms with van der Waals surface area (Å²) in [4.78, 5) is 24.8. The predicted octanol–water partition coefficient (Wildman–Crippen LogP) is 5.16. The number of carbonyl (C=O) groups is 2. The van der Waals surface area contributed by atoms with Crippen molar-refractivity contribution >= 4 is 29.2 Å². The third kappa shape index (κ3) is 6.41. The molecule has 1 saturated heterocycles. The normalized spacial score (nSPS) is 15.9. The standard InChI is InChI=1S/C27H27NO5S/c29-24(19-5-7-20(8-6-19)27(30)31)11-9-21-17-22(26-4-2-16-34-26)10-12-25(21)33-14-1-3-23-18-32-15-13-28-23/h2,4-12,16-17,23,28H,1,3,13-15,18H2,(H,30,31). The molecule has 1 aromatic heterocycles. The number of ketones is 1. The second kappa shape index (κ2) is 11.7. The quantitative estimate of drug-likeness (QED) is 0.238. The third-order valence-corrected chi connectivity index (χ3v) is 6.52. The predicted molar refractivity (Wildman–Crippen MR) is 134 cm³/mol. The van der Waals surface area contributed by atoms with Gasteiger partial charge >= 0.3 is 5.97 Å². The van der Waals surface area contributed by atoms with E-state index >= 15 is 0 Å². The summed E-state index contributed by atoms with van der Waals surface area (Å²) in [6, 6.07) is 16.3. The molecule has 0 bridgehead atoms. The molecule has 1 fully saturated rings. The highest BCUT2D eigenvalue weighted by atomic mass is 32.1. The van der Waals surface area contributed by atoms with Gasteiger partial charge in [-0.1, -0.05) is 18.2 Å². The lowest BCUT2D eigenvalue weighted by molar-refractivity contribution is 0.0696. The fourth-order valence-corrected chi connectivity index (χ4v) is 4.49. The number of ether oxygens (including phenoxy) is 2. The van der Waals surface area contributed by atoms with E-state index in [-0.39, 0.29) is 11.3 Å². The molecule has 2 heterocycles. The molecule has 0 amide bonds. The minimum absolute atomic E-state index is 0.148. The maximum atomic E-state index is 12.7. The van der Waals surface area contributed by atoms with Crippen molar-refractivity contribution in [2.24, 2.45) is 0 Å². The van der Waals surface area contributed by atoms with Crippen LogP contribution in [-0.2, 0) is 4.74 Å². The minimum Gasteiger partial charge on any atom is -0.493 e. The van der Waals surface area contributed by atoms with Gasteiger partial charge in [0.25, 0.3) is 0 Å². The topological polar surface area (TPSA) is 84.9 Å². The fourth-order valence-electron chi connectivity index (χ4n) is 3.76. The van der Waals surface area contributed by atoms with Crippen LogP contribution in [-0.4, -0.2) is 49.3 Å². The van der Waals surface area contributed by atoms with Gasteiger partial charge in [0.2, 0.25) is 0 Å². The van der Waals surface area contributed by atoms with Crippen LogP contribution in [0.2, 0.25) is 0 Å². The zero-order chi connectivity index (χ0) is 23.8. The average Bonchev–Trinajstić information content (AvgIpc) is 3.41. The molecule has 3 aromatic rings. The lowest BCUT2D eigenvalue weighted by atomic mass is 10.0. The second-order valence-electron chi connectivity index (χ2n) is 8.03. The first-order chi connectivity index (χ1) is 16.6. The van der Waals surface area contributed by atoms with Crippen LogP contribution in [0, 0.1) is 0 Å². The summed E-state index contributed by atoms with van der Waals surface area (Å²) < 4.78 is 11.6. The van der Waals surface area contributed by atoms with Crippen molar-refractivity contribution in [1.29, 1.82) is 0 Å². The number of aromatic carboxylic acids is 1. The van der Waals surface area contributed by atoms with E-state index in [4.69, 9.17) is 14.6 Å². The molecule has 34 heavy (non-hydrogen) atoms. The zero-order valence-electron chi connectivity index (χ0n) is 18.7. The molecule has 1 unspecified atom stereocenters. The molecule has 176 valence electrons. The Hall–Kier alpha value is -3.26. The number of carbonyl (C=O) groups excluding carboxylic acids is 1. The molecule has 4 rings (SSSR count). The van der Waals surface area contributed by atoms with E-state index in [0.717, 1.165) is 54.4 Å². The molecule has 6 nitrogen and oxygen atoms in total. The zero-order valence-corrected chi connectivity index (χ0v) is 19.6. The molecule has 7 heteroatoms. The van der Waals surface area contributed by atoms with E-state index in [2.05, 4.69) is 11.4 Å². The van der Waals surface area contributed by atoms with Crippen molar-refractivity contribution < 1.29 is 24.2 Å². The first-order valence-corrected chi connectivity index (χ1v) is 12.2. The molecule has 1 aliphatic heterocycles. The van der Waals surface area contributed by atoms with Crippen molar-refractivity contribution in [3.8, 4) is 16.2 Å². The van der Waals surface area contributed by atoms with Crippen LogP contribution < -0.4 is 10.1 Å². The Labute approximate surface area is 202 Å². The highest BCUT2D eigenvalue weighted by Gasteiger charge is 2.13. The summed E-state index contributed by atoms with van der Waals surface area (Å²) in [5.41, 5.74) is 2.46. The molecular formula is C27H27NO5S. The van der Waals surface area contributed by atoms with Crippen LogP contribution in [0.1, 0.15) is 39.1 Å². The van der Waals surface area contributed by atoms with Gasteiger partial charge in [-0.15, -0.1) is 11.3 Å². The largest absolute Gasteiger partial charge is 0.493 e. The monoisotopic (exact) mass is 477 g/mol. The Balaban J connectivity index is 1.46. The number of allylic oxidation sites excluding steroid dienone is 1. The first kappa shape index (κ1) is 23.9. The Morgan fingerprint density at radius 2 is 1.97 bits per heavy atom. The average molecular weight is 478 g/mol. The van der Waals surface area contributed by atoms with Crippen LogP contribution in [0.4, 0.5) is 0 Å². The summed E-state index contributed by atoms with van der Waals surface area (Å²) in [5.74, 6) is -0.500. The van der Waals surface area contributed by atoms with E-state index in [1.165, 1.54) is 30.3 Å². The van der Waals surface area contributed by atoms with Crippen molar-refractivity contribution in [1.82, 2.24) is 5.32 Å². The van der Waals surface area contributed by atoms with E-state index in [1.807, 2.05) is 29.6 Å². The summed E-state index contributed by atoms with van der Waals surface area (Å²) in [5, 5.41) is 14.5. The van der Waals surface area contributed by atoms with Crippen LogP contribution in [0.15, 0.2) is 66.1 Å². The number of morpholine rings is 1. The highest BCUT2D eigenvalue weighted by molar-refractivity contribution is 7.13. The van der Waals surface area contributed by atoms with E-state index in [0.29, 0.717) is 18.2 Å². The van der Waals surface area contributed by atoms with Gasteiger partial charge in [0.15, 0.2) is 5.78 Å². The molecule has 0 radical (unpaired) electrons. The van der Waals surface area contributed by atoms with Crippen molar-refractivity contribution in [2.45, 2.75) is 18.9 Å². The maximum absolute atomic E-state index is 12.7. The van der Waals surface area contributed by atoms with Crippen molar-refractivity contribution in [3.05, 3.63) is 82.7 Å².